The summed E-state index contributed by atoms with van der Waals surface area (Å²) < 4.78 is 203. The second-order valence-electron chi connectivity index (χ2n) is 22.8. The Kier molecular flexibility index (Phi) is 109. The quantitative estimate of drug-likeness (QED) is 0.0796. The Hall–Kier alpha value is -1.52. The van der Waals surface area contributed by atoms with Crippen LogP contribution in [0.3, 0.4) is 0 Å². The summed E-state index contributed by atoms with van der Waals surface area (Å²) in [5, 5.41) is 8.62. The Bertz CT molecular complexity index is 1470. The van der Waals surface area contributed by atoms with E-state index in [0.29, 0.717) is 482 Å². The van der Waals surface area contributed by atoms with E-state index in [1.165, 1.54) is 0 Å². The average Bonchev–Trinajstić information content (AvgIpc) is 3.32. The van der Waals surface area contributed by atoms with Crippen LogP contribution in [0.15, 0.2) is 0 Å². The lowest BCUT2D eigenvalue weighted by Gasteiger charge is -2.09. The van der Waals surface area contributed by atoms with Crippen molar-refractivity contribution in [1.82, 2.24) is 0 Å². The van der Waals surface area contributed by atoms with Gasteiger partial charge in [0.2, 0.25) is 0 Å². The number of aliphatic hydroxyl groups excluding tert-OH is 1. The van der Waals surface area contributed by atoms with Crippen molar-refractivity contribution in [2.45, 2.75) is 0 Å². The summed E-state index contributed by atoms with van der Waals surface area (Å²) >= 11 is 0. The van der Waals surface area contributed by atoms with E-state index in [9.17, 15) is 0 Å². The molecule has 0 rings (SSSR count). The molecule has 0 saturated heterocycles. The zero-order valence-electron chi connectivity index (χ0n) is 68.9. The van der Waals surface area contributed by atoms with Crippen molar-refractivity contribution in [3.05, 3.63) is 0 Å². The van der Waals surface area contributed by atoms with Crippen LogP contribution in [0, 0.1) is 0 Å². The fourth-order valence-corrected chi connectivity index (χ4v) is 8.01. The molecule has 0 heterocycles. The first kappa shape index (κ1) is 111. The molecule has 0 aromatic rings. The van der Waals surface area contributed by atoms with Gasteiger partial charge in [0.05, 0.1) is 489 Å². The third kappa shape index (κ3) is 110. The monoisotopic (exact) mass is 1660 g/mol. The maximum atomic E-state index is 8.62. The highest BCUT2D eigenvalue weighted by Crippen LogP contribution is 1.95. The van der Waals surface area contributed by atoms with E-state index in [4.69, 9.17) is 180 Å². The first-order valence-electron chi connectivity index (χ1n) is 40.3. The highest BCUT2D eigenvalue weighted by Gasteiger charge is 2.04. The molecule has 0 fully saturated rings. The van der Waals surface area contributed by atoms with E-state index in [2.05, 4.69) is 0 Å². The Morgan fingerprint density at radius 1 is 0.0885 bits per heavy atom. The zero-order chi connectivity index (χ0) is 80.5. The van der Waals surface area contributed by atoms with Gasteiger partial charge in [-0.3, -0.25) is 0 Å². The predicted octanol–water partition coefficient (Wildman–Crippen LogP) is 0.223. The summed E-state index contributed by atoms with van der Waals surface area (Å²) in [4.78, 5) is 0. The van der Waals surface area contributed by atoms with Crippen molar-refractivity contribution in [2.75, 3.05) is 496 Å². The lowest BCUT2D eigenvalue weighted by Crippen LogP contribution is -2.16. The molecule has 0 amide bonds. The summed E-state index contributed by atoms with van der Waals surface area (Å²) in [5.41, 5.74) is 0. The lowest BCUT2D eigenvalue weighted by molar-refractivity contribution is -0.0327. The smallest absolute Gasteiger partial charge is 0.0701 e. The molecule has 0 aromatic carbocycles. The third-order valence-corrected chi connectivity index (χ3v) is 13.7. The van der Waals surface area contributed by atoms with Crippen LogP contribution in [0.25, 0.3) is 0 Å². The topological polar surface area (TPSA) is 362 Å². The molecule has 0 saturated carbocycles. The highest BCUT2D eigenvalue weighted by atomic mass is 16.6. The molecule has 0 unspecified atom stereocenters. The molecule has 0 spiro atoms. The Morgan fingerprint density at radius 3 is 0.195 bits per heavy atom. The SMILES string of the molecule is COCCOCCOCCOCCOCCOCCOCCOCCOCCOCCOCCOCCOCCOCCOCCOCCOCCOCCOCCOCCOCCOCCOCCOCCOCCOCCOCCOCCOCCOCCOCCOCCOCCOCCOCCOCCOCCO. The third-order valence-electron chi connectivity index (χ3n) is 13.7. The van der Waals surface area contributed by atoms with Crippen molar-refractivity contribution in [1.29, 1.82) is 0 Å². The van der Waals surface area contributed by atoms with E-state index in [1.54, 1.807) is 7.11 Å². The van der Waals surface area contributed by atoms with Crippen LogP contribution >= 0.6 is 0 Å². The standard InChI is InChI=1S/C75H152O38/c1-77-4-5-79-8-9-81-12-13-83-16-17-85-20-21-87-24-25-89-28-29-91-32-33-93-36-37-95-40-41-97-44-45-99-48-49-101-52-53-103-56-57-105-60-61-107-64-65-109-68-69-111-72-73-113-75-74-112-71-70-110-67-66-108-63-62-106-59-58-104-55-54-102-51-50-100-47-46-98-43-42-96-39-38-94-35-34-92-31-30-90-27-26-88-23-22-86-19-18-84-15-14-82-11-10-80-7-6-78-3-2-76/h76H,2-75H2,1H3. The van der Waals surface area contributed by atoms with Crippen molar-refractivity contribution in [3.8, 4) is 0 Å². The van der Waals surface area contributed by atoms with Gasteiger partial charge in [-0.2, -0.15) is 0 Å². The second kappa shape index (κ2) is 110. The molecule has 1 N–H and O–H groups in total. The number of methoxy groups -OCH3 is 1. The molecule has 680 valence electrons. The molecule has 0 atom stereocenters. The minimum absolute atomic E-state index is 0.0153. The van der Waals surface area contributed by atoms with Crippen molar-refractivity contribution in [3.63, 3.8) is 0 Å². The number of hydrogen-bond acceptors (Lipinski definition) is 38. The van der Waals surface area contributed by atoms with E-state index in [0.717, 1.165) is 0 Å². The number of aliphatic hydroxyl groups is 1. The molecule has 0 aliphatic rings. The Balaban J connectivity index is 3.10. The van der Waals surface area contributed by atoms with Gasteiger partial charge < -0.3 is 180 Å². The van der Waals surface area contributed by atoms with Crippen molar-refractivity contribution < 1.29 is 180 Å². The maximum absolute atomic E-state index is 8.62. The van der Waals surface area contributed by atoms with Gasteiger partial charge in [0.1, 0.15) is 0 Å². The van der Waals surface area contributed by atoms with Gasteiger partial charge in [-0.05, 0) is 0 Å². The van der Waals surface area contributed by atoms with Crippen LogP contribution in [0.1, 0.15) is 0 Å². The van der Waals surface area contributed by atoms with Crippen LogP contribution in [-0.4, -0.2) is 501 Å². The van der Waals surface area contributed by atoms with Crippen LogP contribution in [0.2, 0.25) is 0 Å². The van der Waals surface area contributed by atoms with Crippen molar-refractivity contribution in [2.24, 2.45) is 0 Å². The largest absolute Gasteiger partial charge is 0.394 e. The predicted molar refractivity (Wildman–Crippen MR) is 408 cm³/mol. The molecular formula is C75H152O38. The molecule has 0 aliphatic heterocycles. The molecule has 113 heavy (non-hydrogen) atoms. The summed E-state index contributed by atoms with van der Waals surface area (Å²) in [7, 11) is 1.64. The van der Waals surface area contributed by atoms with Gasteiger partial charge >= 0.3 is 0 Å². The van der Waals surface area contributed by atoms with Gasteiger partial charge in [0.25, 0.3) is 0 Å². The zero-order valence-corrected chi connectivity index (χ0v) is 68.9. The molecule has 0 aromatic heterocycles. The summed E-state index contributed by atoms with van der Waals surface area (Å²) in [6.07, 6.45) is 0. The van der Waals surface area contributed by atoms with E-state index in [-0.39, 0.29) is 6.61 Å². The van der Waals surface area contributed by atoms with Crippen LogP contribution in [0.4, 0.5) is 0 Å². The normalized spacial score (nSPS) is 11.8. The molecular weight excluding hydrogens is 1510 g/mol. The van der Waals surface area contributed by atoms with Gasteiger partial charge in [-0.1, -0.05) is 0 Å². The van der Waals surface area contributed by atoms with Crippen LogP contribution < -0.4 is 0 Å². The molecule has 38 nitrogen and oxygen atoms in total. The molecule has 0 radical (unpaired) electrons. The van der Waals surface area contributed by atoms with Crippen LogP contribution in [-0.2, 0) is 175 Å². The first-order valence-corrected chi connectivity index (χ1v) is 40.3. The van der Waals surface area contributed by atoms with E-state index in [1.807, 2.05) is 0 Å². The Morgan fingerprint density at radius 2 is 0.142 bits per heavy atom. The molecule has 38 heteroatoms. The second-order valence-corrected chi connectivity index (χ2v) is 22.8. The van der Waals surface area contributed by atoms with E-state index >= 15 is 0 Å². The minimum atomic E-state index is 0.0153. The number of ether oxygens (including phenoxy) is 37. The Labute approximate surface area is 674 Å². The summed E-state index contributed by atoms with van der Waals surface area (Å²) in [6.45, 7) is 35.4. The fraction of sp³-hybridized carbons (Fsp3) is 1.00. The van der Waals surface area contributed by atoms with Crippen molar-refractivity contribution >= 4 is 0 Å². The van der Waals surface area contributed by atoms with Gasteiger partial charge in [0.15, 0.2) is 0 Å². The van der Waals surface area contributed by atoms with Gasteiger partial charge in [-0.25, -0.2) is 0 Å². The summed E-state index contributed by atoms with van der Waals surface area (Å²) in [5.74, 6) is 0. The highest BCUT2D eigenvalue weighted by molar-refractivity contribution is 4.46. The minimum Gasteiger partial charge on any atom is -0.394 e. The molecule has 0 bridgehead atoms. The van der Waals surface area contributed by atoms with Gasteiger partial charge in [0, 0.05) is 7.11 Å². The van der Waals surface area contributed by atoms with E-state index < -0.39 is 0 Å². The fourth-order valence-electron chi connectivity index (χ4n) is 8.01. The average molecular weight is 1660 g/mol. The molecule has 0 aliphatic carbocycles. The number of rotatable bonds is 110. The number of hydrogen-bond donors (Lipinski definition) is 1. The first-order chi connectivity index (χ1) is 56.4. The maximum Gasteiger partial charge on any atom is 0.0701 e. The van der Waals surface area contributed by atoms with Gasteiger partial charge in [-0.15, -0.1) is 0 Å². The lowest BCUT2D eigenvalue weighted by atomic mass is 10.6. The van der Waals surface area contributed by atoms with Crippen LogP contribution in [0.5, 0.6) is 0 Å². The summed E-state index contributed by atoms with van der Waals surface area (Å²) in [6, 6.07) is 0.